The number of carbonyl (C=O) groups is 2. The Bertz CT molecular complexity index is 327. The average Bonchev–Trinajstić information content (AvgIpc) is 2.34. The number of rotatable bonds is 9. The highest BCUT2D eigenvalue weighted by molar-refractivity contribution is 5.88. The van der Waals surface area contributed by atoms with Crippen molar-refractivity contribution >= 4 is 11.8 Å². The molecule has 21 heavy (non-hydrogen) atoms. The van der Waals surface area contributed by atoms with E-state index in [-0.39, 0.29) is 23.8 Å². The first-order valence-corrected chi connectivity index (χ1v) is 7.93. The fourth-order valence-electron chi connectivity index (χ4n) is 1.89. The number of amides is 2. The standard InChI is InChI=1S/C16H32N2O3/c1-10(2)8-7-9-14(20)18-15(11(3)4)16(21)17-12(5)13(6)19/h10-13,15,19H,7-9H2,1-6H3,(H,17,21)(H,18,20). The number of aliphatic hydroxyl groups excluding tert-OH is 1. The van der Waals surface area contributed by atoms with Gasteiger partial charge in [0.05, 0.1) is 12.1 Å². The van der Waals surface area contributed by atoms with Gasteiger partial charge in [0.25, 0.3) is 0 Å². The van der Waals surface area contributed by atoms with E-state index in [9.17, 15) is 14.7 Å². The third kappa shape index (κ3) is 8.71. The Morgan fingerprint density at radius 3 is 2.00 bits per heavy atom. The number of carbonyl (C=O) groups excluding carboxylic acids is 2. The van der Waals surface area contributed by atoms with Crippen LogP contribution in [-0.4, -0.2) is 35.1 Å². The maximum absolute atomic E-state index is 12.2. The van der Waals surface area contributed by atoms with Gasteiger partial charge < -0.3 is 15.7 Å². The van der Waals surface area contributed by atoms with Gasteiger partial charge in [-0.1, -0.05) is 34.1 Å². The molecule has 0 saturated heterocycles. The SMILES string of the molecule is CC(C)CCCC(=O)NC(C(=O)NC(C)C(C)O)C(C)C. The normalized spacial score (nSPS) is 15.7. The van der Waals surface area contributed by atoms with Crippen LogP contribution in [0, 0.1) is 11.8 Å². The highest BCUT2D eigenvalue weighted by Crippen LogP contribution is 2.08. The van der Waals surface area contributed by atoms with Crippen molar-refractivity contribution in [2.45, 2.75) is 79.0 Å². The zero-order chi connectivity index (χ0) is 16.6. The van der Waals surface area contributed by atoms with Crippen molar-refractivity contribution in [2.75, 3.05) is 0 Å². The van der Waals surface area contributed by atoms with E-state index in [4.69, 9.17) is 0 Å². The molecule has 124 valence electrons. The Hall–Kier alpha value is -1.10. The van der Waals surface area contributed by atoms with Crippen LogP contribution in [0.4, 0.5) is 0 Å². The molecule has 0 aromatic heterocycles. The predicted molar refractivity (Wildman–Crippen MR) is 84.7 cm³/mol. The second-order valence-electron chi connectivity index (χ2n) is 6.61. The molecule has 5 heteroatoms. The molecule has 2 amide bonds. The third-order valence-corrected chi connectivity index (χ3v) is 3.54. The minimum atomic E-state index is -0.622. The summed E-state index contributed by atoms with van der Waals surface area (Å²) in [6.45, 7) is 11.4. The summed E-state index contributed by atoms with van der Waals surface area (Å²) in [5.41, 5.74) is 0. The van der Waals surface area contributed by atoms with E-state index < -0.39 is 12.1 Å². The molecule has 5 nitrogen and oxygen atoms in total. The Labute approximate surface area is 128 Å². The summed E-state index contributed by atoms with van der Waals surface area (Å²) in [5.74, 6) is 0.249. The Balaban J connectivity index is 4.41. The zero-order valence-electron chi connectivity index (χ0n) is 14.3. The number of hydrogen-bond acceptors (Lipinski definition) is 3. The second kappa shape index (κ2) is 9.77. The van der Waals surface area contributed by atoms with Gasteiger partial charge in [0, 0.05) is 6.42 Å². The lowest BCUT2D eigenvalue weighted by Crippen LogP contribution is -2.53. The first-order chi connectivity index (χ1) is 9.65. The van der Waals surface area contributed by atoms with Crippen LogP contribution in [0.25, 0.3) is 0 Å². The molecule has 0 bridgehead atoms. The molecular weight excluding hydrogens is 268 g/mol. The van der Waals surface area contributed by atoms with Gasteiger partial charge in [0.1, 0.15) is 6.04 Å². The molecule has 3 atom stereocenters. The lowest BCUT2D eigenvalue weighted by atomic mass is 10.0. The monoisotopic (exact) mass is 300 g/mol. The highest BCUT2D eigenvalue weighted by atomic mass is 16.3. The Kier molecular flexibility index (Phi) is 9.26. The number of aliphatic hydroxyl groups is 1. The topological polar surface area (TPSA) is 78.4 Å². The van der Waals surface area contributed by atoms with E-state index in [2.05, 4.69) is 24.5 Å². The highest BCUT2D eigenvalue weighted by Gasteiger charge is 2.25. The summed E-state index contributed by atoms with van der Waals surface area (Å²) in [6.07, 6.45) is 1.66. The summed E-state index contributed by atoms with van der Waals surface area (Å²) in [7, 11) is 0. The smallest absolute Gasteiger partial charge is 0.243 e. The summed E-state index contributed by atoms with van der Waals surface area (Å²) >= 11 is 0. The molecule has 0 aliphatic carbocycles. The van der Waals surface area contributed by atoms with Crippen LogP contribution in [0.2, 0.25) is 0 Å². The van der Waals surface area contributed by atoms with Gasteiger partial charge in [-0.3, -0.25) is 9.59 Å². The molecule has 3 N–H and O–H groups in total. The van der Waals surface area contributed by atoms with E-state index in [1.54, 1.807) is 13.8 Å². The van der Waals surface area contributed by atoms with E-state index in [1.807, 2.05) is 13.8 Å². The van der Waals surface area contributed by atoms with E-state index in [0.717, 1.165) is 12.8 Å². The molecule has 0 heterocycles. The van der Waals surface area contributed by atoms with Crippen LogP contribution in [0.15, 0.2) is 0 Å². The third-order valence-electron chi connectivity index (χ3n) is 3.54. The molecule has 0 saturated carbocycles. The largest absolute Gasteiger partial charge is 0.391 e. The van der Waals surface area contributed by atoms with Crippen molar-refractivity contribution in [1.82, 2.24) is 10.6 Å². The lowest BCUT2D eigenvalue weighted by molar-refractivity contribution is -0.131. The quantitative estimate of drug-likeness (QED) is 0.608. The van der Waals surface area contributed by atoms with E-state index >= 15 is 0 Å². The van der Waals surface area contributed by atoms with Gasteiger partial charge in [-0.05, 0) is 32.1 Å². The first kappa shape index (κ1) is 19.9. The molecule has 3 unspecified atom stereocenters. The molecular formula is C16H32N2O3. The number of nitrogens with one attached hydrogen (secondary N) is 2. The van der Waals surface area contributed by atoms with Crippen LogP contribution in [0.5, 0.6) is 0 Å². The second-order valence-corrected chi connectivity index (χ2v) is 6.61. The van der Waals surface area contributed by atoms with Gasteiger partial charge >= 0.3 is 0 Å². The molecule has 0 spiro atoms. The maximum Gasteiger partial charge on any atom is 0.243 e. The summed E-state index contributed by atoms with van der Waals surface area (Å²) < 4.78 is 0. The van der Waals surface area contributed by atoms with Crippen LogP contribution < -0.4 is 10.6 Å². The summed E-state index contributed by atoms with van der Waals surface area (Å²) in [5, 5.41) is 15.0. The van der Waals surface area contributed by atoms with Gasteiger partial charge in [-0.15, -0.1) is 0 Å². The zero-order valence-corrected chi connectivity index (χ0v) is 14.3. The van der Waals surface area contributed by atoms with Crippen LogP contribution in [0.1, 0.15) is 60.8 Å². The maximum atomic E-state index is 12.2. The first-order valence-electron chi connectivity index (χ1n) is 7.93. The fraction of sp³-hybridized carbons (Fsp3) is 0.875. The average molecular weight is 300 g/mol. The summed E-state index contributed by atoms with van der Waals surface area (Å²) in [6, 6.07) is -0.894. The van der Waals surface area contributed by atoms with Gasteiger partial charge in [0.15, 0.2) is 0 Å². The van der Waals surface area contributed by atoms with Crippen LogP contribution in [0.3, 0.4) is 0 Å². The molecule has 0 aliphatic rings. The minimum Gasteiger partial charge on any atom is -0.391 e. The van der Waals surface area contributed by atoms with Crippen LogP contribution in [-0.2, 0) is 9.59 Å². The van der Waals surface area contributed by atoms with Crippen molar-refractivity contribution in [2.24, 2.45) is 11.8 Å². The fourth-order valence-corrected chi connectivity index (χ4v) is 1.89. The van der Waals surface area contributed by atoms with Crippen molar-refractivity contribution in [1.29, 1.82) is 0 Å². The van der Waals surface area contributed by atoms with Gasteiger partial charge in [-0.25, -0.2) is 0 Å². The van der Waals surface area contributed by atoms with E-state index in [1.165, 1.54) is 0 Å². The predicted octanol–water partition coefficient (Wildman–Crippen LogP) is 1.84. The number of hydrogen-bond donors (Lipinski definition) is 3. The molecule has 0 rings (SSSR count). The van der Waals surface area contributed by atoms with Crippen molar-refractivity contribution in [3.8, 4) is 0 Å². The van der Waals surface area contributed by atoms with Crippen molar-refractivity contribution in [3.63, 3.8) is 0 Å². The van der Waals surface area contributed by atoms with E-state index in [0.29, 0.717) is 12.3 Å². The van der Waals surface area contributed by atoms with Gasteiger partial charge in [-0.2, -0.15) is 0 Å². The van der Waals surface area contributed by atoms with Gasteiger partial charge in [0.2, 0.25) is 11.8 Å². The Morgan fingerprint density at radius 2 is 1.57 bits per heavy atom. The van der Waals surface area contributed by atoms with Crippen LogP contribution >= 0.6 is 0 Å². The molecule has 0 radical (unpaired) electrons. The molecule has 0 aromatic rings. The summed E-state index contributed by atoms with van der Waals surface area (Å²) in [4.78, 5) is 24.1. The molecule has 0 fully saturated rings. The lowest BCUT2D eigenvalue weighted by Gasteiger charge is -2.25. The van der Waals surface area contributed by atoms with Crippen molar-refractivity contribution < 1.29 is 14.7 Å². The van der Waals surface area contributed by atoms with Crippen molar-refractivity contribution in [3.05, 3.63) is 0 Å². The molecule has 0 aliphatic heterocycles. The molecule has 0 aromatic carbocycles. The minimum absolute atomic E-state index is 0.000229. The Morgan fingerprint density at radius 1 is 1.00 bits per heavy atom.